The van der Waals surface area contributed by atoms with Crippen LogP contribution in [-0.2, 0) is 22.6 Å². The van der Waals surface area contributed by atoms with E-state index in [1.165, 1.54) is 11.6 Å². The minimum absolute atomic E-state index is 0.112. The predicted octanol–water partition coefficient (Wildman–Crippen LogP) is 2.53. The van der Waals surface area contributed by atoms with Gasteiger partial charge >= 0.3 is 12.1 Å². The number of hydrogen-bond acceptors (Lipinski definition) is 6. The van der Waals surface area contributed by atoms with Crippen LogP contribution in [0.15, 0.2) is 60.7 Å². The summed E-state index contributed by atoms with van der Waals surface area (Å²) in [7, 11) is 0. The molecule has 0 aliphatic rings. The van der Waals surface area contributed by atoms with Crippen molar-refractivity contribution in [2.45, 2.75) is 32.0 Å². The van der Waals surface area contributed by atoms with E-state index in [1.807, 2.05) is 60.7 Å². The molecule has 3 rings (SSSR count). The maximum atomic E-state index is 12.4. The van der Waals surface area contributed by atoms with Crippen LogP contribution in [0.5, 0.6) is 0 Å². The summed E-state index contributed by atoms with van der Waals surface area (Å²) in [5.74, 6) is -0.843. The lowest BCUT2D eigenvalue weighted by Gasteiger charge is -2.19. The first kappa shape index (κ1) is 20.0. The average Bonchev–Trinajstić information content (AvgIpc) is 3.22. The average molecular weight is 395 g/mol. The number of carboxylic acids is 1. The lowest BCUT2D eigenvalue weighted by Crippen LogP contribution is -2.33. The van der Waals surface area contributed by atoms with Gasteiger partial charge in [0.15, 0.2) is 11.9 Å². The van der Waals surface area contributed by atoms with Crippen molar-refractivity contribution in [2.75, 3.05) is 0 Å². The molecular weight excluding hydrogens is 374 g/mol. The monoisotopic (exact) mass is 395 g/mol. The number of tetrazole rings is 1. The molecule has 1 amide bonds. The molecule has 2 unspecified atom stereocenters. The predicted molar refractivity (Wildman–Crippen MR) is 103 cm³/mol. The Balaban J connectivity index is 1.77. The van der Waals surface area contributed by atoms with Crippen molar-refractivity contribution >= 4 is 12.1 Å². The highest BCUT2D eigenvalue weighted by Crippen LogP contribution is 2.19. The summed E-state index contributed by atoms with van der Waals surface area (Å²) in [4.78, 5) is 23.8. The molecule has 3 aromatic rings. The van der Waals surface area contributed by atoms with Gasteiger partial charge in [-0.1, -0.05) is 60.7 Å². The van der Waals surface area contributed by atoms with Crippen LogP contribution >= 0.6 is 0 Å². The topological polar surface area (TPSA) is 119 Å². The Morgan fingerprint density at radius 3 is 2.31 bits per heavy atom. The molecule has 0 radical (unpaired) electrons. The number of aliphatic carboxylic acids is 1. The molecule has 2 aromatic carbocycles. The minimum atomic E-state index is -1.08. The van der Waals surface area contributed by atoms with Gasteiger partial charge in [-0.3, -0.25) is 0 Å². The third-order valence-electron chi connectivity index (χ3n) is 4.34. The van der Waals surface area contributed by atoms with E-state index >= 15 is 0 Å². The number of rotatable bonds is 8. The van der Waals surface area contributed by atoms with Gasteiger partial charge in [0.1, 0.15) is 6.61 Å². The number of hydrogen-bond donors (Lipinski definition) is 2. The Labute approximate surface area is 167 Å². The molecule has 0 bridgehead atoms. The molecule has 9 nitrogen and oxygen atoms in total. The molecule has 150 valence electrons. The summed E-state index contributed by atoms with van der Waals surface area (Å²) in [5, 5.41) is 23.4. The summed E-state index contributed by atoms with van der Waals surface area (Å²) in [6.07, 6.45) is -0.277. The second-order valence-corrected chi connectivity index (χ2v) is 6.44. The molecule has 2 atom stereocenters. The van der Waals surface area contributed by atoms with Crippen LogP contribution in [0.3, 0.4) is 0 Å². The Morgan fingerprint density at radius 2 is 1.69 bits per heavy atom. The van der Waals surface area contributed by atoms with Gasteiger partial charge in [-0.05, 0) is 28.5 Å². The van der Waals surface area contributed by atoms with Gasteiger partial charge < -0.3 is 15.2 Å². The molecule has 0 fully saturated rings. The van der Waals surface area contributed by atoms with Gasteiger partial charge in [0.25, 0.3) is 0 Å². The van der Waals surface area contributed by atoms with Crippen LogP contribution in [0, 0.1) is 0 Å². The van der Waals surface area contributed by atoms with Gasteiger partial charge in [0, 0.05) is 6.42 Å². The highest BCUT2D eigenvalue weighted by atomic mass is 16.5. The smallest absolute Gasteiger partial charge is 0.408 e. The summed E-state index contributed by atoms with van der Waals surface area (Å²) < 4.78 is 6.49. The lowest BCUT2D eigenvalue weighted by molar-refractivity contribution is -0.140. The highest BCUT2D eigenvalue weighted by molar-refractivity contribution is 5.71. The van der Waals surface area contributed by atoms with Gasteiger partial charge in [0.2, 0.25) is 0 Å². The molecule has 0 saturated heterocycles. The Hall–Kier alpha value is -3.75. The van der Waals surface area contributed by atoms with Gasteiger partial charge in [-0.2, -0.15) is 0 Å². The van der Waals surface area contributed by atoms with Crippen molar-refractivity contribution in [1.82, 2.24) is 25.5 Å². The SMILES string of the molecule is CC(C(=O)O)n1nnnc1C(Cc1ccccc1)NC(=O)OCc1ccccc1. The fourth-order valence-corrected chi connectivity index (χ4v) is 2.77. The fraction of sp³-hybridized carbons (Fsp3) is 0.250. The fourth-order valence-electron chi connectivity index (χ4n) is 2.77. The van der Waals surface area contributed by atoms with E-state index in [0.717, 1.165) is 11.1 Å². The summed E-state index contributed by atoms with van der Waals surface area (Å²) in [6.45, 7) is 1.58. The molecule has 29 heavy (non-hydrogen) atoms. The van der Waals surface area contributed by atoms with Crippen LogP contribution in [0.2, 0.25) is 0 Å². The molecule has 1 heterocycles. The molecule has 2 N–H and O–H groups in total. The van der Waals surface area contributed by atoms with Gasteiger partial charge in [-0.15, -0.1) is 5.10 Å². The number of ether oxygens (including phenoxy) is 1. The van der Waals surface area contributed by atoms with E-state index < -0.39 is 24.1 Å². The van der Waals surface area contributed by atoms with Crippen LogP contribution in [0.1, 0.15) is 36.0 Å². The van der Waals surface area contributed by atoms with Crippen LogP contribution in [0.4, 0.5) is 4.79 Å². The number of nitrogens with zero attached hydrogens (tertiary/aromatic N) is 4. The third-order valence-corrected chi connectivity index (χ3v) is 4.34. The van der Waals surface area contributed by atoms with Crippen molar-refractivity contribution in [1.29, 1.82) is 0 Å². The zero-order chi connectivity index (χ0) is 20.6. The molecule has 9 heteroatoms. The molecule has 1 aromatic heterocycles. The molecule has 0 aliphatic carbocycles. The van der Waals surface area contributed by atoms with E-state index in [9.17, 15) is 14.7 Å². The largest absolute Gasteiger partial charge is 0.480 e. The summed E-state index contributed by atoms with van der Waals surface area (Å²) in [5.41, 5.74) is 1.78. The maximum Gasteiger partial charge on any atom is 0.408 e. The first-order chi connectivity index (χ1) is 14.0. The second-order valence-electron chi connectivity index (χ2n) is 6.44. The number of benzene rings is 2. The van der Waals surface area contributed by atoms with Crippen LogP contribution in [0.25, 0.3) is 0 Å². The normalized spacial score (nSPS) is 12.7. The number of alkyl carbamates (subject to hydrolysis) is 1. The molecule has 0 saturated carbocycles. The van der Waals surface area contributed by atoms with E-state index in [1.54, 1.807) is 0 Å². The van der Waals surface area contributed by atoms with Crippen LogP contribution < -0.4 is 5.32 Å². The number of amides is 1. The Bertz CT molecular complexity index is 946. The first-order valence-electron chi connectivity index (χ1n) is 9.06. The van der Waals surface area contributed by atoms with Crippen molar-refractivity contribution in [3.8, 4) is 0 Å². The van der Waals surface area contributed by atoms with Crippen molar-refractivity contribution in [3.63, 3.8) is 0 Å². The van der Waals surface area contributed by atoms with Crippen molar-refractivity contribution in [3.05, 3.63) is 77.6 Å². The standard InChI is InChI=1S/C20H21N5O4/c1-14(19(26)27)25-18(22-23-24-25)17(12-15-8-4-2-5-9-15)21-20(28)29-13-16-10-6-3-7-11-16/h2-11,14,17H,12-13H2,1H3,(H,21,28)(H,26,27). The molecule has 0 aliphatic heterocycles. The lowest BCUT2D eigenvalue weighted by atomic mass is 10.1. The third kappa shape index (κ3) is 5.38. The number of carbonyl (C=O) groups is 2. The first-order valence-corrected chi connectivity index (χ1v) is 9.06. The molecular formula is C20H21N5O4. The Kier molecular flexibility index (Phi) is 6.51. The Morgan fingerprint density at radius 1 is 1.07 bits per heavy atom. The van der Waals surface area contributed by atoms with Gasteiger partial charge in [0.05, 0.1) is 6.04 Å². The van der Waals surface area contributed by atoms with Crippen LogP contribution in [-0.4, -0.2) is 37.4 Å². The maximum absolute atomic E-state index is 12.4. The summed E-state index contributed by atoms with van der Waals surface area (Å²) in [6, 6.07) is 17.1. The zero-order valence-electron chi connectivity index (χ0n) is 15.8. The van der Waals surface area contributed by atoms with E-state index in [0.29, 0.717) is 6.42 Å². The van der Waals surface area contributed by atoms with Gasteiger partial charge in [-0.25, -0.2) is 14.3 Å². The van der Waals surface area contributed by atoms with E-state index in [-0.39, 0.29) is 12.4 Å². The van der Waals surface area contributed by atoms with E-state index in [4.69, 9.17) is 4.74 Å². The quantitative estimate of drug-likeness (QED) is 0.601. The number of carbonyl (C=O) groups excluding carboxylic acids is 1. The number of carboxylic acid groups (broad SMARTS) is 1. The summed E-state index contributed by atoms with van der Waals surface area (Å²) >= 11 is 0. The molecule has 0 spiro atoms. The van der Waals surface area contributed by atoms with E-state index in [2.05, 4.69) is 20.8 Å². The minimum Gasteiger partial charge on any atom is -0.480 e. The highest BCUT2D eigenvalue weighted by Gasteiger charge is 2.27. The number of nitrogens with one attached hydrogen (secondary N) is 1. The zero-order valence-corrected chi connectivity index (χ0v) is 15.8. The second kappa shape index (κ2) is 9.45. The number of aromatic nitrogens is 4. The van der Waals surface area contributed by atoms with Crippen molar-refractivity contribution < 1.29 is 19.4 Å². The van der Waals surface area contributed by atoms with Crippen molar-refractivity contribution in [2.24, 2.45) is 0 Å².